The van der Waals surface area contributed by atoms with E-state index in [9.17, 15) is 9.13 Å². The molecule has 232 valence electrons. The lowest BCUT2D eigenvalue weighted by Gasteiger charge is -2.36. The van der Waals surface area contributed by atoms with Crippen molar-refractivity contribution in [3.63, 3.8) is 0 Å². The molecule has 5 aliphatic carbocycles. The normalized spacial score (nSPS) is 29.5. The predicted octanol–water partition coefficient (Wildman–Crippen LogP) is 9.94. The summed E-state index contributed by atoms with van der Waals surface area (Å²) in [4.78, 5) is 0. The highest BCUT2D eigenvalue weighted by Crippen LogP contribution is 2.59. The predicted molar refractivity (Wildman–Crippen MR) is 155 cm³/mol. The van der Waals surface area contributed by atoms with E-state index in [0.29, 0.717) is 6.42 Å². The second kappa shape index (κ2) is 15.8. The molecule has 0 bridgehead atoms. The SMILES string of the molecule is O=P(OC1CCCCC1)(OC1CCCCC1)OC1CCCC(OP(=O)(OC2CCCCC2)OC2CCCCC2)C1. The Kier molecular flexibility index (Phi) is 12.5. The summed E-state index contributed by atoms with van der Waals surface area (Å²) in [5.74, 6) is 0. The third-order valence-electron chi connectivity index (χ3n) is 9.46. The first-order valence-corrected chi connectivity index (χ1v) is 19.7. The summed E-state index contributed by atoms with van der Waals surface area (Å²) < 4.78 is 65.6. The van der Waals surface area contributed by atoms with Crippen molar-refractivity contribution in [2.24, 2.45) is 0 Å². The molecule has 2 atom stereocenters. The van der Waals surface area contributed by atoms with Gasteiger partial charge >= 0.3 is 15.6 Å². The van der Waals surface area contributed by atoms with Crippen molar-refractivity contribution in [2.75, 3.05) is 0 Å². The number of phosphoric acid groups is 2. The van der Waals surface area contributed by atoms with Crippen molar-refractivity contribution in [3.05, 3.63) is 0 Å². The first kappa shape index (κ1) is 31.6. The zero-order valence-corrected chi connectivity index (χ0v) is 26.4. The van der Waals surface area contributed by atoms with E-state index in [1.807, 2.05) is 0 Å². The molecule has 10 heteroatoms. The lowest BCUT2D eigenvalue weighted by molar-refractivity contribution is -0.0251. The molecule has 0 spiro atoms. The van der Waals surface area contributed by atoms with Gasteiger partial charge in [-0.25, -0.2) is 9.13 Å². The van der Waals surface area contributed by atoms with Crippen molar-refractivity contribution in [3.8, 4) is 0 Å². The van der Waals surface area contributed by atoms with E-state index >= 15 is 0 Å². The highest BCUT2D eigenvalue weighted by atomic mass is 31.2. The molecule has 40 heavy (non-hydrogen) atoms. The summed E-state index contributed by atoms with van der Waals surface area (Å²) in [6.45, 7) is 0. The summed E-state index contributed by atoms with van der Waals surface area (Å²) >= 11 is 0. The minimum atomic E-state index is -3.75. The fraction of sp³-hybridized carbons (Fsp3) is 1.00. The molecule has 0 heterocycles. The van der Waals surface area contributed by atoms with Gasteiger partial charge in [0.15, 0.2) is 0 Å². The molecule has 0 aromatic carbocycles. The van der Waals surface area contributed by atoms with Gasteiger partial charge in [-0.3, -0.25) is 27.1 Å². The summed E-state index contributed by atoms with van der Waals surface area (Å²) in [6.07, 6.45) is 22.5. The highest BCUT2D eigenvalue weighted by Gasteiger charge is 2.42. The van der Waals surface area contributed by atoms with Gasteiger partial charge in [-0.15, -0.1) is 0 Å². The third-order valence-corrected chi connectivity index (χ3v) is 12.8. The first-order valence-electron chi connectivity index (χ1n) is 16.8. The van der Waals surface area contributed by atoms with E-state index in [1.54, 1.807) is 0 Å². The quantitative estimate of drug-likeness (QED) is 0.203. The van der Waals surface area contributed by atoms with Crippen LogP contribution in [0.2, 0.25) is 0 Å². The molecule has 5 aliphatic rings. The van der Waals surface area contributed by atoms with Crippen molar-refractivity contribution >= 4 is 15.6 Å². The molecule has 5 rings (SSSR count). The smallest absolute Gasteiger partial charge is 0.284 e. The molecule has 0 saturated heterocycles. The van der Waals surface area contributed by atoms with Crippen molar-refractivity contribution in [1.29, 1.82) is 0 Å². The third kappa shape index (κ3) is 10.2. The Morgan fingerprint density at radius 3 is 0.800 bits per heavy atom. The fourth-order valence-electron chi connectivity index (χ4n) is 7.22. The van der Waals surface area contributed by atoms with Crippen LogP contribution in [0.25, 0.3) is 0 Å². The van der Waals surface area contributed by atoms with E-state index in [1.165, 1.54) is 25.7 Å². The Labute approximate surface area is 242 Å². The Bertz CT molecular complexity index is 718. The second-order valence-electron chi connectivity index (χ2n) is 13.0. The van der Waals surface area contributed by atoms with Crippen molar-refractivity contribution < 1.29 is 36.3 Å². The average molecular weight is 605 g/mol. The monoisotopic (exact) mass is 604 g/mol. The number of rotatable bonds is 12. The standard InChI is InChI=1S/C30H54O8P2/c31-39(33-25-14-5-1-6-15-25,34-26-16-7-2-8-17-26)37-29-22-13-23-30(24-29)38-40(32,35-27-18-9-3-10-19-27)36-28-20-11-4-12-21-28/h25-30H,1-24H2. The number of hydrogen-bond donors (Lipinski definition) is 0. The van der Waals surface area contributed by atoms with Crippen LogP contribution in [0.4, 0.5) is 0 Å². The fourth-order valence-corrected chi connectivity index (χ4v) is 10.9. The van der Waals surface area contributed by atoms with Crippen LogP contribution in [-0.4, -0.2) is 36.6 Å². The first-order chi connectivity index (χ1) is 19.5. The molecule has 0 radical (unpaired) electrons. The Balaban J connectivity index is 1.22. The summed E-state index contributed by atoms with van der Waals surface area (Å²) in [5, 5.41) is 0. The Hall–Kier alpha value is 0.220. The van der Waals surface area contributed by atoms with Crippen LogP contribution >= 0.6 is 15.6 Å². The van der Waals surface area contributed by atoms with Gasteiger partial charge in [0.1, 0.15) is 0 Å². The minimum Gasteiger partial charge on any atom is -0.284 e. The zero-order chi connectivity index (χ0) is 27.7. The molecule has 0 amide bonds. The lowest BCUT2D eigenvalue weighted by Crippen LogP contribution is -2.30. The van der Waals surface area contributed by atoms with Crippen molar-refractivity contribution in [1.82, 2.24) is 0 Å². The van der Waals surface area contributed by atoms with Crippen molar-refractivity contribution in [2.45, 2.75) is 191 Å². The van der Waals surface area contributed by atoms with Gasteiger partial charge in [0.05, 0.1) is 36.6 Å². The summed E-state index contributed by atoms with van der Waals surface area (Å²) in [7, 11) is -7.49. The van der Waals surface area contributed by atoms with Crippen LogP contribution in [0.15, 0.2) is 0 Å². The summed E-state index contributed by atoms with van der Waals surface area (Å²) in [6, 6.07) is 0. The van der Waals surface area contributed by atoms with Crippen LogP contribution in [0, 0.1) is 0 Å². The number of hydrogen-bond acceptors (Lipinski definition) is 8. The maximum Gasteiger partial charge on any atom is 0.475 e. The van der Waals surface area contributed by atoms with Gasteiger partial charge in [-0.2, -0.15) is 0 Å². The minimum absolute atomic E-state index is 0.0770. The van der Waals surface area contributed by atoms with E-state index < -0.39 is 15.6 Å². The van der Waals surface area contributed by atoms with Crippen LogP contribution in [0.1, 0.15) is 154 Å². The van der Waals surface area contributed by atoms with Crippen LogP contribution in [0.5, 0.6) is 0 Å². The van der Waals surface area contributed by atoms with E-state index in [0.717, 1.165) is 122 Å². The van der Waals surface area contributed by atoms with E-state index in [4.69, 9.17) is 27.1 Å². The van der Waals surface area contributed by atoms with E-state index in [2.05, 4.69) is 0 Å². The Morgan fingerprint density at radius 2 is 0.525 bits per heavy atom. The molecule has 8 nitrogen and oxygen atoms in total. The number of phosphoric ester groups is 2. The lowest BCUT2D eigenvalue weighted by atomic mass is 9.95. The zero-order valence-electron chi connectivity index (χ0n) is 24.6. The Morgan fingerprint density at radius 1 is 0.300 bits per heavy atom. The molecule has 5 saturated carbocycles. The van der Waals surface area contributed by atoms with E-state index in [-0.39, 0.29) is 36.6 Å². The van der Waals surface area contributed by atoms with Gasteiger partial charge in [0, 0.05) is 6.42 Å². The van der Waals surface area contributed by atoms with Gasteiger partial charge in [-0.05, 0) is 70.6 Å². The van der Waals surface area contributed by atoms with Gasteiger partial charge in [0.2, 0.25) is 0 Å². The van der Waals surface area contributed by atoms with Gasteiger partial charge in [-0.1, -0.05) is 77.0 Å². The molecule has 0 aromatic heterocycles. The van der Waals surface area contributed by atoms with Crippen LogP contribution < -0.4 is 0 Å². The van der Waals surface area contributed by atoms with Crippen LogP contribution in [-0.2, 0) is 36.3 Å². The largest absolute Gasteiger partial charge is 0.475 e. The van der Waals surface area contributed by atoms with Gasteiger partial charge < -0.3 is 0 Å². The van der Waals surface area contributed by atoms with Crippen LogP contribution in [0.3, 0.4) is 0 Å². The summed E-state index contributed by atoms with van der Waals surface area (Å²) in [5.41, 5.74) is 0. The molecule has 5 fully saturated rings. The maximum absolute atomic E-state index is 14.1. The molecule has 0 aromatic rings. The molecular formula is C30H54O8P2. The van der Waals surface area contributed by atoms with Gasteiger partial charge in [0.25, 0.3) is 0 Å². The maximum atomic E-state index is 14.1. The topological polar surface area (TPSA) is 89.5 Å². The molecular weight excluding hydrogens is 550 g/mol. The highest BCUT2D eigenvalue weighted by molar-refractivity contribution is 7.48. The average Bonchev–Trinajstić information content (AvgIpc) is 2.95. The molecule has 0 N–H and O–H groups in total. The second-order valence-corrected chi connectivity index (χ2v) is 16.0. The molecule has 2 unspecified atom stereocenters. The molecule has 0 aliphatic heterocycles.